The monoisotopic (exact) mass is 319 g/mol. The summed E-state index contributed by atoms with van der Waals surface area (Å²) in [5.41, 5.74) is 1.43. The third-order valence-corrected chi connectivity index (χ3v) is 5.26. The van der Waals surface area contributed by atoms with E-state index < -0.39 is 15.2 Å². The fourth-order valence-corrected chi connectivity index (χ4v) is 3.61. The molecule has 5 nitrogen and oxygen atoms in total. The van der Waals surface area contributed by atoms with Crippen LogP contribution in [0.25, 0.3) is 0 Å². The highest BCUT2D eigenvalue weighted by atomic mass is 32.2. The van der Waals surface area contributed by atoms with Gasteiger partial charge in [0.05, 0.1) is 12.0 Å². The smallest absolute Gasteiger partial charge is 0.208 e. The minimum atomic E-state index is -3.74. The first-order valence-electron chi connectivity index (χ1n) is 6.63. The number of hydrogen-bond donors (Lipinski definition) is 1. The molecule has 1 unspecified atom stereocenters. The number of hydrogen-bond acceptors (Lipinski definition) is 4. The molecule has 1 N–H and O–H groups in total. The van der Waals surface area contributed by atoms with Crippen LogP contribution in [-0.4, -0.2) is 21.9 Å². The maximum absolute atomic E-state index is 12.7. The molecule has 0 fully saturated rings. The predicted octanol–water partition coefficient (Wildman–Crippen LogP) is 2.22. The fourth-order valence-electron chi connectivity index (χ4n) is 2.07. The molecule has 2 aromatic rings. The Morgan fingerprint density at radius 1 is 1.05 bits per heavy atom. The number of benzene rings is 2. The van der Waals surface area contributed by atoms with E-state index in [1.807, 2.05) is 6.92 Å². The number of nitrogens with one attached hydrogen (secondary N) is 1. The van der Waals surface area contributed by atoms with Crippen molar-refractivity contribution in [2.75, 3.05) is 7.11 Å². The highest BCUT2D eigenvalue weighted by Gasteiger charge is 2.28. The predicted molar refractivity (Wildman–Crippen MR) is 83.3 cm³/mol. The number of rotatable bonds is 6. The van der Waals surface area contributed by atoms with E-state index in [0.29, 0.717) is 17.7 Å². The lowest BCUT2D eigenvalue weighted by Gasteiger charge is -2.18. The summed E-state index contributed by atoms with van der Waals surface area (Å²) >= 11 is 0. The maximum atomic E-state index is 12.7. The van der Waals surface area contributed by atoms with Gasteiger partial charge in [0, 0.05) is 0 Å². The molecule has 0 aliphatic rings. The van der Waals surface area contributed by atoms with Gasteiger partial charge in [-0.3, -0.25) is 4.79 Å². The van der Waals surface area contributed by atoms with Crippen LogP contribution in [0, 0.1) is 6.92 Å². The minimum absolute atomic E-state index is 0.160. The Labute approximate surface area is 129 Å². The van der Waals surface area contributed by atoms with Crippen LogP contribution >= 0.6 is 0 Å². The summed E-state index contributed by atoms with van der Waals surface area (Å²) < 4.78 is 30.5. The van der Waals surface area contributed by atoms with Gasteiger partial charge in [0.2, 0.25) is 16.2 Å². The number of carbonyl (C=O) groups excluding carboxylic acids is 1. The van der Waals surface area contributed by atoms with Gasteiger partial charge in [0.25, 0.3) is 0 Å². The molecular formula is C16H17NO4S. The highest BCUT2D eigenvalue weighted by molar-refractivity contribution is 7.91. The normalized spacial score (nSPS) is 12.5. The SMILES string of the molecule is COc1ccc(C(NC=O)S(=O)(=O)c2ccc(C)cc2)cc1. The molecule has 116 valence electrons. The highest BCUT2D eigenvalue weighted by Crippen LogP contribution is 2.27. The van der Waals surface area contributed by atoms with Crippen molar-refractivity contribution < 1.29 is 17.9 Å². The summed E-state index contributed by atoms with van der Waals surface area (Å²) in [5, 5.41) is 1.24. The Morgan fingerprint density at radius 2 is 1.64 bits per heavy atom. The van der Waals surface area contributed by atoms with Gasteiger partial charge >= 0.3 is 0 Å². The summed E-state index contributed by atoms with van der Waals surface area (Å²) in [6.07, 6.45) is 0.390. The molecule has 6 heteroatoms. The molecule has 0 saturated carbocycles. The quantitative estimate of drug-likeness (QED) is 0.829. The Hall–Kier alpha value is -2.34. The third-order valence-electron chi connectivity index (χ3n) is 3.30. The van der Waals surface area contributed by atoms with Gasteiger partial charge in [-0.15, -0.1) is 0 Å². The van der Waals surface area contributed by atoms with E-state index in [9.17, 15) is 13.2 Å². The van der Waals surface area contributed by atoms with E-state index in [0.717, 1.165) is 5.56 Å². The lowest BCUT2D eigenvalue weighted by atomic mass is 10.2. The third kappa shape index (κ3) is 3.28. The van der Waals surface area contributed by atoms with Crippen LogP contribution in [0.3, 0.4) is 0 Å². The molecule has 0 aromatic heterocycles. The molecule has 0 spiro atoms. The average Bonchev–Trinajstić information content (AvgIpc) is 2.53. The second-order valence-corrected chi connectivity index (χ2v) is 6.83. The Kier molecular flexibility index (Phi) is 4.82. The first-order valence-corrected chi connectivity index (χ1v) is 8.18. The standard InChI is InChI=1S/C16H17NO4S/c1-12-3-9-15(10-4-12)22(19,20)16(17-11-18)13-5-7-14(21-2)8-6-13/h3-11,16H,1-2H3,(H,17,18). The summed E-state index contributed by atoms with van der Waals surface area (Å²) in [4.78, 5) is 11.0. The molecule has 1 atom stereocenters. The van der Waals surface area contributed by atoms with E-state index in [-0.39, 0.29) is 4.90 Å². The molecule has 0 aliphatic heterocycles. The van der Waals surface area contributed by atoms with Crippen molar-refractivity contribution in [3.05, 3.63) is 59.7 Å². The van der Waals surface area contributed by atoms with E-state index in [4.69, 9.17) is 4.74 Å². The van der Waals surface area contributed by atoms with Crippen LogP contribution in [0.4, 0.5) is 0 Å². The van der Waals surface area contributed by atoms with E-state index >= 15 is 0 Å². The second kappa shape index (κ2) is 6.62. The van der Waals surface area contributed by atoms with Gasteiger partial charge in [-0.25, -0.2) is 8.42 Å². The fraction of sp³-hybridized carbons (Fsp3) is 0.188. The van der Waals surface area contributed by atoms with Crippen LogP contribution in [0.1, 0.15) is 16.5 Å². The lowest BCUT2D eigenvalue weighted by molar-refractivity contribution is -0.109. The van der Waals surface area contributed by atoms with Crippen molar-refractivity contribution in [3.8, 4) is 5.75 Å². The molecule has 22 heavy (non-hydrogen) atoms. The van der Waals surface area contributed by atoms with Gasteiger partial charge < -0.3 is 10.1 Å². The second-order valence-electron chi connectivity index (χ2n) is 4.80. The van der Waals surface area contributed by atoms with Crippen molar-refractivity contribution in [3.63, 3.8) is 0 Å². The van der Waals surface area contributed by atoms with Gasteiger partial charge in [-0.1, -0.05) is 29.8 Å². The first-order chi connectivity index (χ1) is 10.5. The molecule has 0 bridgehead atoms. The summed E-state index contributed by atoms with van der Waals surface area (Å²) in [6, 6.07) is 13.1. The van der Waals surface area contributed by atoms with Gasteiger partial charge in [-0.2, -0.15) is 0 Å². The zero-order chi connectivity index (χ0) is 16.2. The Balaban J connectivity index is 2.45. The van der Waals surface area contributed by atoms with Crippen molar-refractivity contribution in [2.24, 2.45) is 0 Å². The number of aryl methyl sites for hydroxylation is 1. The van der Waals surface area contributed by atoms with Gasteiger partial charge in [0.15, 0.2) is 5.37 Å². The van der Waals surface area contributed by atoms with Crippen LogP contribution in [0.15, 0.2) is 53.4 Å². The molecule has 2 aromatic carbocycles. The molecular weight excluding hydrogens is 302 g/mol. The number of carbonyl (C=O) groups is 1. The Morgan fingerprint density at radius 3 is 2.14 bits per heavy atom. The van der Waals surface area contributed by atoms with E-state index in [2.05, 4.69) is 5.32 Å². The number of amides is 1. The van der Waals surface area contributed by atoms with Crippen LogP contribution in [0.5, 0.6) is 5.75 Å². The molecule has 0 radical (unpaired) electrons. The molecule has 1 amide bonds. The van der Waals surface area contributed by atoms with Crippen LogP contribution < -0.4 is 10.1 Å². The zero-order valence-corrected chi connectivity index (χ0v) is 13.1. The number of methoxy groups -OCH3 is 1. The maximum Gasteiger partial charge on any atom is 0.208 e. The molecule has 0 heterocycles. The largest absolute Gasteiger partial charge is 0.497 e. The number of sulfone groups is 1. The minimum Gasteiger partial charge on any atom is -0.497 e. The summed E-state index contributed by atoms with van der Waals surface area (Å²) in [7, 11) is -2.21. The van der Waals surface area contributed by atoms with Crippen molar-refractivity contribution >= 4 is 16.2 Å². The average molecular weight is 319 g/mol. The van der Waals surface area contributed by atoms with Gasteiger partial charge in [-0.05, 0) is 36.8 Å². The van der Waals surface area contributed by atoms with Crippen molar-refractivity contribution in [1.82, 2.24) is 5.32 Å². The topological polar surface area (TPSA) is 72.5 Å². The first kappa shape index (κ1) is 16.0. The molecule has 2 rings (SSSR count). The van der Waals surface area contributed by atoms with Crippen LogP contribution in [0.2, 0.25) is 0 Å². The zero-order valence-electron chi connectivity index (χ0n) is 12.3. The van der Waals surface area contributed by atoms with E-state index in [1.54, 1.807) is 36.4 Å². The van der Waals surface area contributed by atoms with Gasteiger partial charge in [0.1, 0.15) is 5.75 Å². The molecule has 0 saturated heterocycles. The number of ether oxygens (including phenoxy) is 1. The Bertz CT molecular complexity index is 737. The van der Waals surface area contributed by atoms with Crippen molar-refractivity contribution in [1.29, 1.82) is 0 Å². The van der Waals surface area contributed by atoms with Crippen molar-refractivity contribution in [2.45, 2.75) is 17.2 Å². The lowest BCUT2D eigenvalue weighted by Crippen LogP contribution is -2.27. The summed E-state index contributed by atoms with van der Waals surface area (Å²) in [6.45, 7) is 1.88. The summed E-state index contributed by atoms with van der Waals surface area (Å²) in [5.74, 6) is 0.612. The van der Waals surface area contributed by atoms with E-state index in [1.165, 1.54) is 19.2 Å². The van der Waals surface area contributed by atoms with Crippen LogP contribution in [-0.2, 0) is 14.6 Å². The molecule has 0 aliphatic carbocycles.